The highest BCUT2D eigenvalue weighted by molar-refractivity contribution is 7.03. The summed E-state index contributed by atoms with van der Waals surface area (Å²) in [6.45, 7) is 19.5. The SMILES string of the molecule is Cc1ccc2c3c1C(C)(C)c1ccccc1B3c1cc(-c3ccc4c(c3)C(C)(C)c3ccccc3-4)cc3c1N2c1ccc(C)c2c1B3c1ccccc1C2(C)C. The molecule has 0 saturated carbocycles. The Morgan fingerprint density at radius 2 is 0.893 bits per heavy atom. The fourth-order valence-corrected chi connectivity index (χ4v) is 12.7. The van der Waals surface area contributed by atoms with Gasteiger partial charge in [-0.1, -0.05) is 162 Å². The van der Waals surface area contributed by atoms with Gasteiger partial charge >= 0.3 is 0 Å². The van der Waals surface area contributed by atoms with Gasteiger partial charge in [0.05, 0.1) is 0 Å². The van der Waals surface area contributed by atoms with Crippen LogP contribution >= 0.6 is 0 Å². The Balaban J connectivity index is 1.22. The minimum absolute atomic E-state index is 0.0697. The van der Waals surface area contributed by atoms with Crippen molar-refractivity contribution < 1.29 is 0 Å². The summed E-state index contributed by atoms with van der Waals surface area (Å²) in [6, 6.07) is 49.9. The molecule has 0 atom stereocenters. The molecule has 5 aliphatic rings. The van der Waals surface area contributed by atoms with Gasteiger partial charge in [-0.15, -0.1) is 0 Å². The summed E-state index contributed by atoms with van der Waals surface area (Å²) < 4.78 is 0. The van der Waals surface area contributed by atoms with Crippen LogP contribution in [0.4, 0.5) is 17.1 Å². The number of nitrogens with zero attached hydrogens (tertiary/aromatic N) is 1. The van der Waals surface area contributed by atoms with Gasteiger partial charge in [-0.05, 0) is 121 Å². The second-order valence-electron chi connectivity index (χ2n) is 18.9. The molecule has 1 nitrogen and oxygen atoms in total. The van der Waals surface area contributed by atoms with Crippen LogP contribution in [0.2, 0.25) is 0 Å². The zero-order valence-corrected chi connectivity index (χ0v) is 33.7. The molecular weight excluding hydrogens is 672 g/mol. The number of anilines is 3. The predicted octanol–water partition coefficient (Wildman–Crippen LogP) is 8.68. The highest BCUT2D eigenvalue weighted by Crippen LogP contribution is 2.51. The minimum atomic E-state index is -0.132. The fraction of sp³-hybridized carbons (Fsp3) is 0.208. The van der Waals surface area contributed by atoms with E-state index in [4.69, 9.17) is 0 Å². The van der Waals surface area contributed by atoms with Crippen LogP contribution < -0.4 is 37.7 Å². The molecule has 0 bridgehead atoms. The maximum Gasteiger partial charge on any atom is 0.247 e. The lowest BCUT2D eigenvalue weighted by Gasteiger charge is -2.51. The summed E-state index contributed by atoms with van der Waals surface area (Å²) in [4.78, 5) is 2.70. The van der Waals surface area contributed by atoms with E-state index in [-0.39, 0.29) is 29.7 Å². The molecule has 0 fully saturated rings. The van der Waals surface area contributed by atoms with Crippen molar-refractivity contribution in [3.8, 4) is 22.3 Å². The molecule has 1 aliphatic carbocycles. The van der Waals surface area contributed by atoms with Gasteiger partial charge in [0, 0.05) is 33.3 Å². The average Bonchev–Trinajstić information content (AvgIpc) is 3.42. The van der Waals surface area contributed by atoms with Crippen LogP contribution in [-0.2, 0) is 16.2 Å². The Morgan fingerprint density at radius 3 is 1.45 bits per heavy atom. The molecule has 0 amide bonds. The number of benzene rings is 7. The fourth-order valence-electron chi connectivity index (χ4n) is 12.7. The third-order valence-corrected chi connectivity index (χ3v) is 15.0. The van der Waals surface area contributed by atoms with Crippen LogP contribution in [0.3, 0.4) is 0 Å². The maximum absolute atomic E-state index is 2.70. The first-order valence-corrected chi connectivity index (χ1v) is 20.6. The molecule has 4 heterocycles. The first-order chi connectivity index (χ1) is 26.9. The lowest BCUT2D eigenvalue weighted by molar-refractivity contribution is 0.640. The molecule has 0 radical (unpaired) electrons. The Bertz CT molecular complexity index is 2800. The van der Waals surface area contributed by atoms with Crippen molar-refractivity contribution in [3.05, 3.63) is 172 Å². The van der Waals surface area contributed by atoms with E-state index in [0.29, 0.717) is 0 Å². The van der Waals surface area contributed by atoms with Crippen LogP contribution in [0.1, 0.15) is 86.1 Å². The topological polar surface area (TPSA) is 3.24 Å². The molecule has 0 aromatic heterocycles. The first-order valence-electron chi connectivity index (χ1n) is 20.6. The zero-order valence-electron chi connectivity index (χ0n) is 33.7. The molecule has 0 unspecified atom stereocenters. The van der Waals surface area contributed by atoms with Gasteiger partial charge in [0.15, 0.2) is 0 Å². The summed E-state index contributed by atoms with van der Waals surface area (Å²) in [5, 5.41) is 0. The van der Waals surface area contributed by atoms with Crippen LogP contribution in [0.5, 0.6) is 0 Å². The van der Waals surface area contributed by atoms with Crippen LogP contribution in [-0.4, -0.2) is 13.4 Å². The predicted molar refractivity (Wildman–Crippen MR) is 240 cm³/mol. The highest BCUT2D eigenvalue weighted by atomic mass is 15.2. The van der Waals surface area contributed by atoms with Crippen molar-refractivity contribution in [2.24, 2.45) is 0 Å². The Kier molecular flexibility index (Phi) is 6.10. The summed E-state index contributed by atoms with van der Waals surface area (Å²) in [7, 11) is 0. The van der Waals surface area contributed by atoms with E-state index in [1.807, 2.05) is 0 Å². The summed E-state index contributed by atoms with van der Waals surface area (Å²) >= 11 is 0. The minimum Gasteiger partial charge on any atom is -0.313 e. The lowest BCUT2D eigenvalue weighted by atomic mass is 9.26. The van der Waals surface area contributed by atoms with E-state index in [9.17, 15) is 0 Å². The second kappa shape index (κ2) is 10.4. The van der Waals surface area contributed by atoms with Gasteiger partial charge in [-0.25, -0.2) is 0 Å². The average molecular weight is 718 g/mol. The van der Waals surface area contributed by atoms with Crippen molar-refractivity contribution in [1.82, 2.24) is 0 Å². The number of hydrogen-bond donors (Lipinski definition) is 0. The highest BCUT2D eigenvalue weighted by Gasteiger charge is 2.52. The van der Waals surface area contributed by atoms with E-state index in [2.05, 4.69) is 188 Å². The molecule has 0 saturated heterocycles. The number of aryl methyl sites for hydroxylation is 2. The van der Waals surface area contributed by atoms with Gasteiger partial charge in [0.1, 0.15) is 0 Å². The first kappa shape index (κ1) is 32.7. The van der Waals surface area contributed by atoms with Gasteiger partial charge in [-0.3, -0.25) is 0 Å². The molecular formula is C53H45B2N. The maximum atomic E-state index is 2.70. The smallest absolute Gasteiger partial charge is 0.247 e. The van der Waals surface area contributed by atoms with Gasteiger partial charge in [0.25, 0.3) is 0 Å². The van der Waals surface area contributed by atoms with E-state index >= 15 is 0 Å². The number of rotatable bonds is 1. The number of fused-ring (bicyclic) bond motifs is 11. The van der Waals surface area contributed by atoms with Crippen molar-refractivity contribution >= 4 is 63.3 Å². The molecule has 4 aliphatic heterocycles. The summed E-state index contributed by atoms with van der Waals surface area (Å²) in [6.07, 6.45) is 0. The molecule has 0 N–H and O–H groups in total. The molecule has 0 spiro atoms. The monoisotopic (exact) mass is 717 g/mol. The quantitative estimate of drug-likeness (QED) is 0.154. The standard InChI is InChI=1S/C53H45B2N/c1-30-21-25-44-48-46(30)52(5,6)37-17-11-13-19-40(37)54(48)42-28-33(32-23-24-35-34-15-9-10-16-36(34)51(3,4)39(35)27-32)29-43-50(42)56(44)45-26-22-31(2)47-49(45)55(43)41-20-14-12-18-38(41)53(47,7)8/h9-29H,1-8H3. The van der Waals surface area contributed by atoms with Crippen molar-refractivity contribution in [1.29, 1.82) is 0 Å². The Labute approximate surface area is 332 Å². The molecule has 7 aromatic carbocycles. The summed E-state index contributed by atoms with van der Waals surface area (Å²) in [5.74, 6) is 0. The van der Waals surface area contributed by atoms with Crippen molar-refractivity contribution in [3.63, 3.8) is 0 Å². The van der Waals surface area contributed by atoms with E-state index in [1.54, 1.807) is 0 Å². The largest absolute Gasteiger partial charge is 0.313 e. The molecule has 7 aromatic rings. The van der Waals surface area contributed by atoms with Gasteiger partial charge in [-0.2, -0.15) is 0 Å². The number of hydrogen-bond acceptors (Lipinski definition) is 1. The van der Waals surface area contributed by atoms with Gasteiger partial charge in [0.2, 0.25) is 13.4 Å². The molecule has 56 heavy (non-hydrogen) atoms. The third-order valence-electron chi connectivity index (χ3n) is 15.0. The van der Waals surface area contributed by atoms with Gasteiger partial charge < -0.3 is 4.90 Å². The molecule has 12 rings (SSSR count). The Morgan fingerprint density at radius 1 is 0.411 bits per heavy atom. The second-order valence-corrected chi connectivity index (χ2v) is 18.9. The Hall–Kier alpha value is -5.53. The summed E-state index contributed by atoms with van der Waals surface area (Å²) in [5.41, 5.74) is 29.3. The van der Waals surface area contributed by atoms with Crippen molar-refractivity contribution in [2.75, 3.05) is 4.90 Å². The van der Waals surface area contributed by atoms with Crippen LogP contribution in [0.15, 0.2) is 127 Å². The normalized spacial score (nSPS) is 17.2. The molecule has 268 valence electrons. The van der Waals surface area contributed by atoms with E-state index in [1.165, 1.54) is 117 Å². The van der Waals surface area contributed by atoms with E-state index < -0.39 is 0 Å². The molecule has 3 heteroatoms. The zero-order chi connectivity index (χ0) is 38.2. The van der Waals surface area contributed by atoms with Crippen molar-refractivity contribution in [2.45, 2.75) is 71.6 Å². The lowest BCUT2D eigenvalue weighted by Crippen LogP contribution is -2.70. The van der Waals surface area contributed by atoms with E-state index in [0.717, 1.165) is 0 Å². The van der Waals surface area contributed by atoms with Crippen LogP contribution in [0, 0.1) is 13.8 Å². The third kappa shape index (κ3) is 3.76. The van der Waals surface area contributed by atoms with Crippen LogP contribution in [0.25, 0.3) is 22.3 Å².